The molecule has 4 aromatic rings. The van der Waals surface area contributed by atoms with Crippen LogP contribution in [0.15, 0.2) is 83.4 Å². The second kappa shape index (κ2) is 7.64. The fraction of sp³-hybridized carbons (Fsp3) is 0.0909. The van der Waals surface area contributed by atoms with Crippen molar-refractivity contribution in [3.05, 3.63) is 89.4 Å². The minimum Gasteiger partial charge on any atom is -0.486 e. The zero-order chi connectivity index (χ0) is 18.6. The first-order valence-corrected chi connectivity index (χ1v) is 8.98. The van der Waals surface area contributed by atoms with Gasteiger partial charge in [0.25, 0.3) is 5.89 Å². The minimum absolute atomic E-state index is 0.0589. The van der Waals surface area contributed by atoms with Gasteiger partial charge in [-0.3, -0.25) is 0 Å². The molecular weight excluding hydrogens is 360 g/mol. The van der Waals surface area contributed by atoms with E-state index in [2.05, 4.69) is 10.1 Å². The van der Waals surface area contributed by atoms with E-state index in [1.54, 1.807) is 12.1 Å². The van der Waals surface area contributed by atoms with Crippen molar-refractivity contribution in [2.24, 2.45) is 0 Å². The fourth-order valence-electron chi connectivity index (χ4n) is 2.76. The molecule has 0 amide bonds. The lowest BCUT2D eigenvalue weighted by atomic mass is 10.1. The Morgan fingerprint density at radius 3 is 2.44 bits per heavy atom. The Labute approximate surface area is 162 Å². The van der Waals surface area contributed by atoms with Gasteiger partial charge >= 0.3 is 0 Å². The molecule has 0 saturated carbocycles. The number of hydrogen-bond acceptors (Lipinski definition) is 4. The Morgan fingerprint density at radius 2 is 1.67 bits per heavy atom. The average molecular weight is 377 g/mol. The van der Waals surface area contributed by atoms with Crippen LogP contribution in [0, 0.1) is 0 Å². The van der Waals surface area contributed by atoms with Crippen molar-refractivity contribution in [2.75, 3.05) is 0 Å². The van der Waals surface area contributed by atoms with Crippen LogP contribution in [0.5, 0.6) is 5.75 Å². The molecule has 0 aliphatic rings. The van der Waals surface area contributed by atoms with Crippen LogP contribution in [0.2, 0.25) is 5.02 Å². The van der Waals surface area contributed by atoms with Gasteiger partial charge < -0.3 is 9.26 Å². The van der Waals surface area contributed by atoms with Gasteiger partial charge in [0.2, 0.25) is 5.82 Å². The molecule has 0 spiro atoms. The first-order chi connectivity index (χ1) is 13.2. The molecule has 0 aliphatic carbocycles. The molecule has 27 heavy (non-hydrogen) atoms. The van der Waals surface area contributed by atoms with E-state index in [0.717, 1.165) is 22.4 Å². The molecule has 0 fully saturated rings. The summed E-state index contributed by atoms with van der Waals surface area (Å²) in [6.07, 6.45) is -0.0589. The normalized spacial score (nSPS) is 11.9. The zero-order valence-corrected chi connectivity index (χ0v) is 15.4. The van der Waals surface area contributed by atoms with Crippen molar-refractivity contribution < 1.29 is 9.26 Å². The predicted molar refractivity (Wildman–Crippen MR) is 106 cm³/mol. The Balaban J connectivity index is 1.55. The van der Waals surface area contributed by atoms with E-state index >= 15 is 0 Å². The molecule has 1 aromatic heterocycles. The molecule has 0 N–H and O–H groups in total. The van der Waals surface area contributed by atoms with Gasteiger partial charge in [0.1, 0.15) is 11.9 Å². The van der Waals surface area contributed by atoms with Gasteiger partial charge in [-0.1, -0.05) is 59.2 Å². The topological polar surface area (TPSA) is 48.2 Å². The summed E-state index contributed by atoms with van der Waals surface area (Å²) >= 11 is 5.92. The predicted octanol–water partition coefficient (Wildman–Crippen LogP) is 6.20. The minimum atomic E-state index is -0.0589. The number of halogens is 1. The SMILES string of the molecule is CC(Oc1cccc(-c2noc(-c3ccc(Cl)cc3)n2)c1)c1ccccc1. The fourth-order valence-corrected chi connectivity index (χ4v) is 2.88. The number of rotatable bonds is 5. The smallest absolute Gasteiger partial charge is 0.258 e. The van der Waals surface area contributed by atoms with Crippen LogP contribution in [0.3, 0.4) is 0 Å². The van der Waals surface area contributed by atoms with E-state index in [9.17, 15) is 0 Å². The Hall–Kier alpha value is -3.11. The molecule has 134 valence electrons. The number of aromatic nitrogens is 2. The van der Waals surface area contributed by atoms with Crippen LogP contribution >= 0.6 is 11.6 Å². The van der Waals surface area contributed by atoms with Crippen LogP contribution in [0.25, 0.3) is 22.8 Å². The van der Waals surface area contributed by atoms with Gasteiger partial charge in [0.05, 0.1) is 0 Å². The van der Waals surface area contributed by atoms with Crippen LogP contribution in [0.4, 0.5) is 0 Å². The summed E-state index contributed by atoms with van der Waals surface area (Å²) in [5, 5.41) is 4.75. The molecule has 1 unspecified atom stereocenters. The summed E-state index contributed by atoms with van der Waals surface area (Å²) in [6.45, 7) is 2.02. The molecular formula is C22H17ClN2O2. The second-order valence-corrected chi connectivity index (χ2v) is 6.57. The van der Waals surface area contributed by atoms with Gasteiger partial charge in [0, 0.05) is 16.1 Å². The summed E-state index contributed by atoms with van der Waals surface area (Å²) in [5.74, 6) is 1.71. The highest BCUT2D eigenvalue weighted by Crippen LogP contribution is 2.28. The van der Waals surface area contributed by atoms with Crippen molar-refractivity contribution in [3.63, 3.8) is 0 Å². The average Bonchev–Trinajstić information content (AvgIpc) is 3.20. The van der Waals surface area contributed by atoms with Gasteiger partial charge in [-0.05, 0) is 48.9 Å². The molecule has 0 aliphatic heterocycles. The second-order valence-electron chi connectivity index (χ2n) is 6.13. The quantitative estimate of drug-likeness (QED) is 0.416. The van der Waals surface area contributed by atoms with Gasteiger partial charge in [-0.15, -0.1) is 0 Å². The van der Waals surface area contributed by atoms with Crippen LogP contribution in [0.1, 0.15) is 18.6 Å². The number of hydrogen-bond donors (Lipinski definition) is 0. The largest absolute Gasteiger partial charge is 0.486 e. The summed E-state index contributed by atoms with van der Waals surface area (Å²) in [7, 11) is 0. The highest BCUT2D eigenvalue weighted by molar-refractivity contribution is 6.30. The third-order valence-corrected chi connectivity index (χ3v) is 4.44. The van der Waals surface area contributed by atoms with Crippen molar-refractivity contribution in [2.45, 2.75) is 13.0 Å². The van der Waals surface area contributed by atoms with E-state index < -0.39 is 0 Å². The molecule has 3 aromatic carbocycles. The number of benzene rings is 3. The highest BCUT2D eigenvalue weighted by atomic mass is 35.5. The van der Waals surface area contributed by atoms with Crippen molar-refractivity contribution >= 4 is 11.6 Å². The van der Waals surface area contributed by atoms with Crippen molar-refractivity contribution in [1.82, 2.24) is 10.1 Å². The lowest BCUT2D eigenvalue weighted by Crippen LogP contribution is -2.02. The maximum absolute atomic E-state index is 6.07. The summed E-state index contributed by atoms with van der Waals surface area (Å²) < 4.78 is 11.5. The molecule has 0 radical (unpaired) electrons. The molecule has 5 heteroatoms. The van der Waals surface area contributed by atoms with Crippen LogP contribution in [-0.2, 0) is 0 Å². The maximum atomic E-state index is 6.07. The van der Waals surface area contributed by atoms with E-state index in [-0.39, 0.29) is 6.10 Å². The first-order valence-electron chi connectivity index (χ1n) is 8.61. The van der Waals surface area contributed by atoms with Gasteiger partial charge in [-0.2, -0.15) is 4.98 Å². The number of nitrogens with zero attached hydrogens (tertiary/aromatic N) is 2. The molecule has 1 atom stereocenters. The van der Waals surface area contributed by atoms with E-state index in [1.807, 2.05) is 73.7 Å². The van der Waals surface area contributed by atoms with E-state index in [0.29, 0.717) is 16.7 Å². The lowest BCUT2D eigenvalue weighted by molar-refractivity contribution is 0.227. The van der Waals surface area contributed by atoms with Crippen molar-refractivity contribution in [1.29, 1.82) is 0 Å². The Kier molecular flexibility index (Phi) is 4.90. The van der Waals surface area contributed by atoms with E-state index in [1.165, 1.54) is 0 Å². The Bertz CT molecular complexity index is 1030. The first kappa shape index (κ1) is 17.3. The molecule has 0 bridgehead atoms. The van der Waals surface area contributed by atoms with Crippen LogP contribution in [-0.4, -0.2) is 10.1 Å². The third-order valence-electron chi connectivity index (χ3n) is 4.19. The third kappa shape index (κ3) is 4.01. The monoisotopic (exact) mass is 376 g/mol. The van der Waals surface area contributed by atoms with Gasteiger partial charge in [-0.25, -0.2) is 0 Å². The maximum Gasteiger partial charge on any atom is 0.258 e. The lowest BCUT2D eigenvalue weighted by Gasteiger charge is -2.15. The standard InChI is InChI=1S/C22H17ClN2O2/c1-15(16-6-3-2-4-7-16)26-20-9-5-8-18(14-20)21-24-22(27-25-21)17-10-12-19(23)13-11-17/h2-15H,1H3. The molecule has 4 rings (SSSR count). The van der Waals surface area contributed by atoms with E-state index in [4.69, 9.17) is 20.9 Å². The summed E-state index contributed by atoms with van der Waals surface area (Å²) in [5.41, 5.74) is 2.77. The van der Waals surface area contributed by atoms with Crippen molar-refractivity contribution in [3.8, 4) is 28.6 Å². The van der Waals surface area contributed by atoms with Crippen LogP contribution < -0.4 is 4.74 Å². The summed E-state index contributed by atoms with van der Waals surface area (Å²) in [6, 6.07) is 25.0. The summed E-state index contributed by atoms with van der Waals surface area (Å²) in [4.78, 5) is 4.48. The van der Waals surface area contributed by atoms with Gasteiger partial charge in [0.15, 0.2) is 0 Å². The highest BCUT2D eigenvalue weighted by Gasteiger charge is 2.12. The molecule has 1 heterocycles. The Morgan fingerprint density at radius 1 is 0.889 bits per heavy atom. The molecule has 0 saturated heterocycles. The molecule has 4 nitrogen and oxygen atoms in total. The number of ether oxygens (including phenoxy) is 1. The zero-order valence-electron chi connectivity index (χ0n) is 14.7.